The molecule has 1 fully saturated rings. The van der Waals surface area contributed by atoms with Gasteiger partial charge in [-0.25, -0.2) is 0 Å². The van der Waals surface area contributed by atoms with E-state index in [1.165, 1.54) is 0 Å². The molecule has 8 heteroatoms. The highest BCUT2D eigenvalue weighted by molar-refractivity contribution is 6.07. The summed E-state index contributed by atoms with van der Waals surface area (Å²) in [5.41, 5.74) is 7.13. The summed E-state index contributed by atoms with van der Waals surface area (Å²) in [5.74, 6) is 0.717. The molecule has 4 aromatic rings. The number of rotatable bonds is 6. The van der Waals surface area contributed by atoms with Crippen LogP contribution in [0.5, 0.6) is 5.75 Å². The van der Waals surface area contributed by atoms with E-state index in [-0.39, 0.29) is 18.4 Å². The third kappa shape index (κ3) is 5.31. The predicted octanol–water partition coefficient (Wildman–Crippen LogP) is 4.43. The number of aromatic nitrogens is 1. The van der Waals surface area contributed by atoms with Crippen molar-refractivity contribution < 1.29 is 19.4 Å². The Morgan fingerprint density at radius 2 is 1.67 bits per heavy atom. The van der Waals surface area contributed by atoms with Crippen molar-refractivity contribution in [3.05, 3.63) is 107 Å². The number of aryl methyl sites for hydroxylation is 1. The van der Waals surface area contributed by atoms with Crippen molar-refractivity contribution in [1.29, 1.82) is 0 Å². The number of piperazine rings is 1. The minimum absolute atomic E-state index is 0.00547. The van der Waals surface area contributed by atoms with E-state index in [1.54, 1.807) is 7.11 Å². The molecule has 2 aliphatic heterocycles. The first-order valence-corrected chi connectivity index (χ1v) is 14.4. The second-order valence-corrected chi connectivity index (χ2v) is 10.9. The van der Waals surface area contributed by atoms with E-state index in [0.717, 1.165) is 52.5 Å². The van der Waals surface area contributed by atoms with Crippen LogP contribution in [0.1, 0.15) is 37.7 Å². The van der Waals surface area contributed by atoms with Crippen LogP contribution in [0.2, 0.25) is 0 Å². The average molecular weight is 565 g/mol. The predicted molar refractivity (Wildman–Crippen MR) is 163 cm³/mol. The van der Waals surface area contributed by atoms with E-state index < -0.39 is 0 Å². The van der Waals surface area contributed by atoms with E-state index >= 15 is 0 Å². The second kappa shape index (κ2) is 11.8. The van der Waals surface area contributed by atoms with E-state index in [2.05, 4.69) is 9.47 Å². The lowest BCUT2D eigenvalue weighted by atomic mass is 9.97. The van der Waals surface area contributed by atoms with E-state index in [9.17, 15) is 14.7 Å². The fourth-order valence-electron chi connectivity index (χ4n) is 6.07. The van der Waals surface area contributed by atoms with Crippen molar-refractivity contribution in [3.63, 3.8) is 0 Å². The summed E-state index contributed by atoms with van der Waals surface area (Å²) in [6, 6.07) is 25.6. The van der Waals surface area contributed by atoms with Gasteiger partial charge in [0.25, 0.3) is 11.8 Å². The summed E-state index contributed by atoms with van der Waals surface area (Å²) in [7, 11) is 1.66. The Morgan fingerprint density at radius 3 is 2.43 bits per heavy atom. The molecule has 216 valence electrons. The van der Waals surface area contributed by atoms with Gasteiger partial charge in [0.1, 0.15) is 11.4 Å². The number of anilines is 1. The number of benzene rings is 3. The summed E-state index contributed by atoms with van der Waals surface area (Å²) in [6.45, 7) is 6.42. The molecule has 0 atom stereocenters. The van der Waals surface area contributed by atoms with Crippen LogP contribution in [0.4, 0.5) is 5.69 Å². The molecule has 3 aromatic carbocycles. The molecule has 0 spiro atoms. The van der Waals surface area contributed by atoms with E-state index in [4.69, 9.17) is 4.74 Å². The lowest BCUT2D eigenvalue weighted by molar-refractivity contribution is 0.0605. The van der Waals surface area contributed by atoms with Crippen molar-refractivity contribution in [2.45, 2.75) is 20.0 Å². The second-order valence-electron chi connectivity index (χ2n) is 10.9. The van der Waals surface area contributed by atoms with Crippen molar-refractivity contribution in [3.8, 4) is 16.9 Å². The van der Waals surface area contributed by atoms with Gasteiger partial charge in [-0.2, -0.15) is 0 Å². The zero-order chi connectivity index (χ0) is 29.2. The zero-order valence-corrected chi connectivity index (χ0v) is 24.1. The molecule has 0 radical (unpaired) electrons. The normalized spacial score (nSPS) is 15.1. The molecular formula is C34H36N4O4. The number of carbonyl (C=O) groups excluding carboxylic acids is 2. The average Bonchev–Trinajstić information content (AvgIpc) is 3.33. The van der Waals surface area contributed by atoms with Crippen LogP contribution < -0.4 is 9.64 Å². The van der Waals surface area contributed by atoms with Crippen molar-refractivity contribution in [2.75, 3.05) is 51.3 Å². The summed E-state index contributed by atoms with van der Waals surface area (Å²) >= 11 is 0. The van der Waals surface area contributed by atoms with Crippen molar-refractivity contribution in [1.82, 2.24) is 14.4 Å². The Morgan fingerprint density at radius 1 is 0.857 bits per heavy atom. The Bertz CT molecular complexity index is 1620. The Kier molecular flexibility index (Phi) is 7.82. The maximum Gasteiger partial charge on any atom is 0.270 e. The number of methoxy groups -OCH3 is 1. The Labute approximate surface area is 246 Å². The maximum atomic E-state index is 14.1. The standard InChI is InChI=1S/C34H36N4O4/c1-24-20-26(10-12-30(24)25-7-5-8-29(21-25)42-2)33(40)38-23-28-11-13-32(37(28)22-27-6-3-4-9-31(27)38)34(41)36-16-14-35(15-17-36)18-19-39/h3-13,20-21,39H,14-19,22-23H2,1-2H3. The van der Waals surface area contributed by atoms with Gasteiger partial charge in [0, 0.05) is 49.7 Å². The number of nitrogens with zero attached hydrogens (tertiary/aromatic N) is 4. The van der Waals surface area contributed by atoms with Crippen LogP contribution >= 0.6 is 0 Å². The summed E-state index contributed by atoms with van der Waals surface area (Å²) in [5, 5.41) is 9.25. The molecule has 1 N–H and O–H groups in total. The third-order valence-electron chi connectivity index (χ3n) is 8.40. The minimum atomic E-state index is -0.0784. The van der Waals surface area contributed by atoms with Gasteiger partial charge in [-0.3, -0.25) is 14.5 Å². The van der Waals surface area contributed by atoms with Crippen LogP contribution in [-0.2, 0) is 13.1 Å². The lowest BCUT2D eigenvalue weighted by Crippen LogP contribution is -2.49. The fraction of sp³-hybridized carbons (Fsp3) is 0.294. The van der Waals surface area contributed by atoms with Gasteiger partial charge in [-0.05, 0) is 71.6 Å². The number of hydrogen-bond acceptors (Lipinski definition) is 5. The highest BCUT2D eigenvalue weighted by atomic mass is 16.5. The molecule has 2 aliphatic rings. The molecule has 3 heterocycles. The van der Waals surface area contributed by atoms with Crippen molar-refractivity contribution in [2.24, 2.45) is 0 Å². The molecule has 1 aromatic heterocycles. The largest absolute Gasteiger partial charge is 0.497 e. The van der Waals surface area contributed by atoms with Gasteiger partial charge in [0.05, 0.1) is 26.8 Å². The highest BCUT2D eigenvalue weighted by Gasteiger charge is 2.30. The Hall–Kier alpha value is -4.40. The first kappa shape index (κ1) is 27.8. The summed E-state index contributed by atoms with van der Waals surface area (Å²) in [4.78, 5) is 33.6. The van der Waals surface area contributed by atoms with Crippen LogP contribution in [0.3, 0.4) is 0 Å². The summed E-state index contributed by atoms with van der Waals surface area (Å²) < 4.78 is 7.46. The van der Waals surface area contributed by atoms with E-state index in [0.29, 0.717) is 44.0 Å². The lowest BCUT2D eigenvalue weighted by Gasteiger charge is -2.34. The molecule has 42 heavy (non-hydrogen) atoms. The first-order chi connectivity index (χ1) is 20.5. The van der Waals surface area contributed by atoms with Gasteiger partial charge >= 0.3 is 0 Å². The van der Waals surface area contributed by atoms with Crippen LogP contribution in [-0.4, -0.2) is 77.7 Å². The highest BCUT2D eigenvalue weighted by Crippen LogP contribution is 2.32. The molecule has 0 bridgehead atoms. The Balaban J connectivity index is 1.28. The van der Waals surface area contributed by atoms with E-state index in [1.807, 2.05) is 95.6 Å². The molecule has 6 rings (SSSR count). The number of carbonyl (C=O) groups is 2. The molecule has 2 amide bonds. The smallest absolute Gasteiger partial charge is 0.270 e. The number of ether oxygens (including phenoxy) is 1. The molecule has 8 nitrogen and oxygen atoms in total. The number of aliphatic hydroxyl groups is 1. The van der Waals surface area contributed by atoms with Crippen LogP contribution in [0.15, 0.2) is 78.9 Å². The number of amides is 2. The van der Waals surface area contributed by atoms with Gasteiger partial charge in [0.15, 0.2) is 0 Å². The maximum absolute atomic E-state index is 14.1. The monoisotopic (exact) mass is 564 g/mol. The number of β-amino-alcohol motifs (C(OH)–C–C–N with tert-alkyl or cyclic N) is 1. The third-order valence-corrected chi connectivity index (χ3v) is 8.40. The first-order valence-electron chi connectivity index (χ1n) is 14.4. The van der Waals surface area contributed by atoms with Crippen molar-refractivity contribution >= 4 is 17.5 Å². The number of aliphatic hydroxyl groups excluding tert-OH is 1. The van der Waals surface area contributed by atoms with Crippen LogP contribution in [0, 0.1) is 6.92 Å². The van der Waals surface area contributed by atoms with Gasteiger partial charge in [0.2, 0.25) is 0 Å². The molecule has 1 saturated heterocycles. The number of para-hydroxylation sites is 1. The SMILES string of the molecule is COc1cccc(-c2ccc(C(=O)N3Cc4ccc(C(=O)N5CCN(CCO)CC5)n4Cc4ccccc43)cc2C)c1. The van der Waals surface area contributed by atoms with Gasteiger partial charge in [-0.15, -0.1) is 0 Å². The fourth-order valence-corrected chi connectivity index (χ4v) is 6.07. The zero-order valence-electron chi connectivity index (χ0n) is 24.1. The quantitative estimate of drug-likeness (QED) is 0.375. The molecule has 0 unspecified atom stereocenters. The van der Waals surface area contributed by atoms with Gasteiger partial charge in [-0.1, -0.05) is 36.4 Å². The molecule has 0 saturated carbocycles. The molecule has 0 aliphatic carbocycles. The van der Waals surface area contributed by atoms with Gasteiger partial charge < -0.3 is 24.2 Å². The number of fused-ring (bicyclic) bond motifs is 2. The number of hydrogen-bond donors (Lipinski definition) is 1. The van der Waals surface area contributed by atoms with Crippen LogP contribution in [0.25, 0.3) is 11.1 Å². The minimum Gasteiger partial charge on any atom is -0.497 e. The topological polar surface area (TPSA) is 78.2 Å². The summed E-state index contributed by atoms with van der Waals surface area (Å²) in [6.07, 6.45) is 0. The molecular weight excluding hydrogens is 528 g/mol.